The molecule has 0 aromatic carbocycles. The smallest absolute Gasteiger partial charge is 0.166 e. The van der Waals surface area contributed by atoms with Gasteiger partial charge in [0.25, 0.3) is 0 Å². The summed E-state index contributed by atoms with van der Waals surface area (Å²) in [5.74, 6) is 1.70. The first-order valence-corrected chi connectivity index (χ1v) is 6.66. The van der Waals surface area contributed by atoms with Gasteiger partial charge in [0.2, 0.25) is 0 Å². The zero-order valence-corrected chi connectivity index (χ0v) is 10.8. The van der Waals surface area contributed by atoms with Crippen molar-refractivity contribution in [2.45, 2.75) is 46.0 Å². The van der Waals surface area contributed by atoms with Crippen molar-refractivity contribution in [2.24, 2.45) is 11.8 Å². The number of nitrogens with one attached hydrogen (secondary N) is 2. The van der Waals surface area contributed by atoms with Crippen molar-refractivity contribution in [3.8, 4) is 0 Å². The van der Waals surface area contributed by atoms with E-state index in [1.165, 1.54) is 32.1 Å². The van der Waals surface area contributed by atoms with Crippen LogP contribution in [0.25, 0.3) is 0 Å². The van der Waals surface area contributed by atoms with Crippen molar-refractivity contribution in [1.29, 1.82) is 0 Å². The summed E-state index contributed by atoms with van der Waals surface area (Å²) in [5.41, 5.74) is 0. The third-order valence-electron chi connectivity index (χ3n) is 3.38. The molecular weight excluding hydrogens is 204 g/mol. The molecule has 0 bridgehead atoms. The van der Waals surface area contributed by atoms with Crippen molar-refractivity contribution in [3.63, 3.8) is 0 Å². The molecular formula is C12H24N2S. The Morgan fingerprint density at radius 3 is 2.73 bits per heavy atom. The SMILES string of the molecule is CCCCNC(=S)NCC1CCCC1C. The normalized spacial score (nSPS) is 25.2. The Morgan fingerprint density at radius 2 is 2.13 bits per heavy atom. The van der Waals surface area contributed by atoms with Crippen LogP contribution in [-0.4, -0.2) is 18.2 Å². The number of hydrogen-bond acceptors (Lipinski definition) is 1. The van der Waals surface area contributed by atoms with E-state index in [9.17, 15) is 0 Å². The van der Waals surface area contributed by atoms with Crippen LogP contribution in [0.3, 0.4) is 0 Å². The fourth-order valence-corrected chi connectivity index (χ4v) is 2.38. The van der Waals surface area contributed by atoms with Crippen LogP contribution >= 0.6 is 12.2 Å². The van der Waals surface area contributed by atoms with Crippen molar-refractivity contribution in [1.82, 2.24) is 10.6 Å². The third-order valence-corrected chi connectivity index (χ3v) is 3.67. The maximum Gasteiger partial charge on any atom is 0.166 e. The monoisotopic (exact) mass is 228 g/mol. The van der Waals surface area contributed by atoms with Gasteiger partial charge >= 0.3 is 0 Å². The van der Waals surface area contributed by atoms with Gasteiger partial charge in [0, 0.05) is 13.1 Å². The van der Waals surface area contributed by atoms with Gasteiger partial charge in [0.1, 0.15) is 0 Å². The molecule has 1 fully saturated rings. The van der Waals surface area contributed by atoms with Crippen LogP contribution in [0, 0.1) is 11.8 Å². The standard InChI is InChI=1S/C12H24N2S/c1-3-4-8-13-12(15)14-9-11-7-5-6-10(11)2/h10-11H,3-9H2,1-2H3,(H2,13,14,15). The van der Waals surface area contributed by atoms with Crippen LogP contribution < -0.4 is 10.6 Å². The Morgan fingerprint density at radius 1 is 1.33 bits per heavy atom. The molecule has 15 heavy (non-hydrogen) atoms. The molecule has 88 valence electrons. The van der Waals surface area contributed by atoms with Crippen LogP contribution in [0.4, 0.5) is 0 Å². The summed E-state index contributed by atoms with van der Waals surface area (Å²) in [7, 11) is 0. The average molecular weight is 228 g/mol. The zero-order valence-electron chi connectivity index (χ0n) is 10.0. The van der Waals surface area contributed by atoms with E-state index < -0.39 is 0 Å². The Labute approximate surface area is 99.2 Å². The van der Waals surface area contributed by atoms with Crippen LogP contribution in [-0.2, 0) is 0 Å². The van der Waals surface area contributed by atoms with Gasteiger partial charge < -0.3 is 10.6 Å². The summed E-state index contributed by atoms with van der Waals surface area (Å²) >= 11 is 5.22. The lowest BCUT2D eigenvalue weighted by molar-refractivity contribution is 0.414. The van der Waals surface area contributed by atoms with Crippen LogP contribution in [0.2, 0.25) is 0 Å². The molecule has 2 atom stereocenters. The molecule has 2 N–H and O–H groups in total. The fourth-order valence-electron chi connectivity index (χ4n) is 2.19. The van der Waals surface area contributed by atoms with Gasteiger partial charge in [-0.1, -0.05) is 33.1 Å². The predicted molar refractivity (Wildman–Crippen MR) is 70.0 cm³/mol. The van der Waals surface area contributed by atoms with E-state index in [0.29, 0.717) is 0 Å². The number of hydrogen-bond donors (Lipinski definition) is 2. The minimum absolute atomic E-state index is 0.830. The molecule has 2 unspecified atom stereocenters. The summed E-state index contributed by atoms with van der Waals surface area (Å²) in [6.07, 6.45) is 6.56. The highest BCUT2D eigenvalue weighted by Crippen LogP contribution is 2.30. The topological polar surface area (TPSA) is 24.1 Å². The highest BCUT2D eigenvalue weighted by molar-refractivity contribution is 7.80. The maximum absolute atomic E-state index is 5.22. The average Bonchev–Trinajstić information content (AvgIpc) is 2.61. The van der Waals surface area contributed by atoms with Gasteiger partial charge in [-0.05, 0) is 36.9 Å². The number of thiocarbonyl (C=S) groups is 1. The molecule has 0 aromatic rings. The molecule has 1 aliphatic carbocycles. The Balaban J connectivity index is 2.05. The van der Waals surface area contributed by atoms with Crippen LogP contribution in [0.5, 0.6) is 0 Å². The van der Waals surface area contributed by atoms with E-state index in [-0.39, 0.29) is 0 Å². The van der Waals surface area contributed by atoms with Gasteiger partial charge in [-0.25, -0.2) is 0 Å². The molecule has 2 nitrogen and oxygen atoms in total. The summed E-state index contributed by atoms with van der Waals surface area (Å²) in [4.78, 5) is 0. The van der Waals surface area contributed by atoms with E-state index in [1.807, 2.05) is 0 Å². The highest BCUT2D eigenvalue weighted by Gasteiger charge is 2.22. The lowest BCUT2D eigenvalue weighted by Crippen LogP contribution is -2.38. The molecule has 3 heteroatoms. The first kappa shape index (κ1) is 12.8. The summed E-state index contributed by atoms with van der Waals surface area (Å²) < 4.78 is 0. The molecule has 0 saturated heterocycles. The molecule has 0 amide bonds. The number of unbranched alkanes of at least 4 members (excludes halogenated alkanes) is 1. The molecule has 0 aromatic heterocycles. The van der Waals surface area contributed by atoms with E-state index in [1.54, 1.807) is 0 Å². The second-order valence-electron chi connectivity index (χ2n) is 4.66. The van der Waals surface area contributed by atoms with E-state index >= 15 is 0 Å². The molecule has 0 heterocycles. The van der Waals surface area contributed by atoms with E-state index in [0.717, 1.165) is 30.0 Å². The van der Waals surface area contributed by atoms with E-state index in [4.69, 9.17) is 12.2 Å². The fraction of sp³-hybridized carbons (Fsp3) is 0.917. The summed E-state index contributed by atoms with van der Waals surface area (Å²) in [5, 5.41) is 7.41. The molecule has 0 radical (unpaired) electrons. The first-order chi connectivity index (χ1) is 7.24. The van der Waals surface area contributed by atoms with Gasteiger partial charge in [-0.15, -0.1) is 0 Å². The molecule has 0 spiro atoms. The zero-order chi connectivity index (χ0) is 11.1. The summed E-state index contributed by atoms with van der Waals surface area (Å²) in [6, 6.07) is 0. The Kier molecular flexibility index (Phi) is 5.99. The molecule has 0 aliphatic heterocycles. The second kappa shape index (κ2) is 7.04. The largest absolute Gasteiger partial charge is 0.363 e. The maximum atomic E-state index is 5.22. The quantitative estimate of drug-likeness (QED) is 0.559. The van der Waals surface area contributed by atoms with Crippen LogP contribution in [0.1, 0.15) is 46.0 Å². The molecule has 1 rings (SSSR count). The van der Waals surface area contributed by atoms with Gasteiger partial charge in [-0.2, -0.15) is 0 Å². The molecule has 1 aliphatic rings. The number of rotatable bonds is 5. The minimum atomic E-state index is 0.830. The third kappa shape index (κ3) is 4.83. The van der Waals surface area contributed by atoms with Gasteiger partial charge in [-0.3, -0.25) is 0 Å². The van der Waals surface area contributed by atoms with Crippen LogP contribution in [0.15, 0.2) is 0 Å². The van der Waals surface area contributed by atoms with E-state index in [2.05, 4.69) is 24.5 Å². The van der Waals surface area contributed by atoms with Crippen molar-refractivity contribution in [2.75, 3.05) is 13.1 Å². The summed E-state index contributed by atoms with van der Waals surface area (Å²) in [6.45, 7) is 6.60. The predicted octanol–water partition coefficient (Wildman–Crippen LogP) is 2.69. The Hall–Kier alpha value is -0.310. The second-order valence-corrected chi connectivity index (χ2v) is 5.07. The lowest BCUT2D eigenvalue weighted by Gasteiger charge is -2.17. The van der Waals surface area contributed by atoms with Crippen molar-refractivity contribution < 1.29 is 0 Å². The highest BCUT2D eigenvalue weighted by atomic mass is 32.1. The Bertz CT molecular complexity index is 194. The minimum Gasteiger partial charge on any atom is -0.363 e. The molecule has 1 saturated carbocycles. The van der Waals surface area contributed by atoms with Gasteiger partial charge in [0.15, 0.2) is 5.11 Å². The first-order valence-electron chi connectivity index (χ1n) is 6.25. The van der Waals surface area contributed by atoms with Gasteiger partial charge in [0.05, 0.1) is 0 Å². The van der Waals surface area contributed by atoms with Crippen molar-refractivity contribution in [3.05, 3.63) is 0 Å². The lowest BCUT2D eigenvalue weighted by atomic mass is 9.98. The van der Waals surface area contributed by atoms with Crippen molar-refractivity contribution >= 4 is 17.3 Å².